The number of rotatable bonds is 5. The van der Waals surface area contributed by atoms with Crippen molar-refractivity contribution in [2.75, 3.05) is 20.1 Å². The first-order valence-corrected chi connectivity index (χ1v) is 6.21. The van der Waals surface area contributed by atoms with Gasteiger partial charge in [-0.15, -0.1) is 0 Å². The van der Waals surface area contributed by atoms with Crippen molar-refractivity contribution in [3.8, 4) is 0 Å². The summed E-state index contributed by atoms with van der Waals surface area (Å²) in [5.74, 6) is 0. The third-order valence-electron chi connectivity index (χ3n) is 3.49. The molecule has 1 rings (SSSR count). The molecule has 0 aromatic rings. The lowest BCUT2D eigenvalue weighted by atomic mass is 10.0. The molecule has 2 heteroatoms. The zero-order valence-electron chi connectivity index (χ0n) is 10.1. The fourth-order valence-corrected chi connectivity index (χ4v) is 2.49. The van der Waals surface area contributed by atoms with Gasteiger partial charge < -0.3 is 10.2 Å². The molecule has 0 aromatic carbocycles. The molecule has 0 aliphatic carbocycles. The standard InChI is InChI=1S/C12H26N2/c1-4-12(5-2)14(3)10-11-8-6-7-9-13-11/h11-13H,4-10H2,1-3H3. The highest BCUT2D eigenvalue weighted by Gasteiger charge is 2.17. The highest BCUT2D eigenvalue weighted by molar-refractivity contribution is 4.77. The molecule has 84 valence electrons. The Morgan fingerprint density at radius 1 is 1.29 bits per heavy atom. The van der Waals surface area contributed by atoms with Crippen molar-refractivity contribution in [2.45, 2.75) is 58.0 Å². The Hall–Kier alpha value is -0.0800. The van der Waals surface area contributed by atoms with Crippen LogP contribution in [0.4, 0.5) is 0 Å². The second-order valence-corrected chi connectivity index (χ2v) is 4.56. The molecule has 2 nitrogen and oxygen atoms in total. The molecule has 1 aliphatic heterocycles. The van der Waals surface area contributed by atoms with Gasteiger partial charge in [-0.25, -0.2) is 0 Å². The molecule has 1 heterocycles. The Balaban J connectivity index is 2.26. The number of likely N-dealkylation sites (N-methyl/N-ethyl adjacent to an activating group) is 1. The number of hydrogen-bond acceptors (Lipinski definition) is 2. The Kier molecular flexibility index (Phi) is 5.49. The molecule has 14 heavy (non-hydrogen) atoms. The van der Waals surface area contributed by atoms with E-state index < -0.39 is 0 Å². The summed E-state index contributed by atoms with van der Waals surface area (Å²) in [5, 5.41) is 3.61. The first-order chi connectivity index (χ1) is 6.77. The van der Waals surface area contributed by atoms with E-state index in [2.05, 4.69) is 31.1 Å². The van der Waals surface area contributed by atoms with Gasteiger partial charge in [0.1, 0.15) is 0 Å². The lowest BCUT2D eigenvalue weighted by molar-refractivity contribution is 0.193. The van der Waals surface area contributed by atoms with Crippen molar-refractivity contribution in [3.05, 3.63) is 0 Å². The average Bonchev–Trinajstić information content (AvgIpc) is 2.21. The summed E-state index contributed by atoms with van der Waals surface area (Å²) < 4.78 is 0. The van der Waals surface area contributed by atoms with Crippen LogP contribution in [0.25, 0.3) is 0 Å². The minimum Gasteiger partial charge on any atom is -0.313 e. The maximum absolute atomic E-state index is 3.61. The van der Waals surface area contributed by atoms with Gasteiger partial charge in [-0.3, -0.25) is 0 Å². The average molecular weight is 198 g/mol. The molecule has 0 spiro atoms. The topological polar surface area (TPSA) is 15.3 Å². The lowest BCUT2D eigenvalue weighted by Gasteiger charge is -2.32. The predicted octanol–water partition coefficient (Wildman–Crippen LogP) is 2.25. The predicted molar refractivity (Wildman–Crippen MR) is 62.6 cm³/mol. The molecule has 0 radical (unpaired) electrons. The summed E-state index contributed by atoms with van der Waals surface area (Å²) in [6.45, 7) is 7.03. The quantitative estimate of drug-likeness (QED) is 0.729. The zero-order valence-corrected chi connectivity index (χ0v) is 10.1. The third kappa shape index (κ3) is 3.58. The van der Waals surface area contributed by atoms with Crippen LogP contribution in [0.5, 0.6) is 0 Å². The van der Waals surface area contributed by atoms with Crippen LogP contribution < -0.4 is 5.32 Å². The van der Waals surface area contributed by atoms with Gasteiger partial charge in [-0.1, -0.05) is 20.3 Å². The summed E-state index contributed by atoms with van der Waals surface area (Å²) >= 11 is 0. The molecule has 1 fully saturated rings. The van der Waals surface area contributed by atoms with Crippen molar-refractivity contribution in [3.63, 3.8) is 0 Å². The van der Waals surface area contributed by atoms with E-state index in [0.717, 1.165) is 12.1 Å². The van der Waals surface area contributed by atoms with E-state index in [1.54, 1.807) is 0 Å². The largest absolute Gasteiger partial charge is 0.313 e. The van der Waals surface area contributed by atoms with Crippen LogP contribution in [0.2, 0.25) is 0 Å². The van der Waals surface area contributed by atoms with E-state index in [-0.39, 0.29) is 0 Å². The minimum atomic E-state index is 0.745. The Labute approximate surface area is 89.1 Å². The van der Waals surface area contributed by atoms with E-state index in [1.165, 1.54) is 45.2 Å². The van der Waals surface area contributed by atoms with Gasteiger partial charge in [0.2, 0.25) is 0 Å². The molecular formula is C12H26N2. The molecule has 1 atom stereocenters. The molecule has 1 aliphatic rings. The fraction of sp³-hybridized carbons (Fsp3) is 1.00. The second kappa shape index (κ2) is 6.41. The van der Waals surface area contributed by atoms with E-state index >= 15 is 0 Å². The third-order valence-corrected chi connectivity index (χ3v) is 3.49. The molecule has 0 aromatic heterocycles. The summed E-state index contributed by atoms with van der Waals surface area (Å²) in [7, 11) is 2.27. The number of nitrogens with one attached hydrogen (secondary N) is 1. The van der Waals surface area contributed by atoms with Crippen LogP contribution in [0.3, 0.4) is 0 Å². The van der Waals surface area contributed by atoms with Crippen molar-refractivity contribution < 1.29 is 0 Å². The number of nitrogens with zero attached hydrogens (tertiary/aromatic N) is 1. The summed E-state index contributed by atoms with van der Waals surface area (Å²) in [6, 6.07) is 1.52. The molecule has 0 saturated carbocycles. The van der Waals surface area contributed by atoms with Crippen molar-refractivity contribution in [2.24, 2.45) is 0 Å². The van der Waals surface area contributed by atoms with Crippen LogP contribution in [0.1, 0.15) is 46.0 Å². The highest BCUT2D eigenvalue weighted by atomic mass is 15.2. The van der Waals surface area contributed by atoms with Crippen LogP contribution >= 0.6 is 0 Å². The van der Waals surface area contributed by atoms with Gasteiger partial charge in [0.25, 0.3) is 0 Å². The van der Waals surface area contributed by atoms with Crippen molar-refractivity contribution in [1.29, 1.82) is 0 Å². The second-order valence-electron chi connectivity index (χ2n) is 4.56. The van der Waals surface area contributed by atoms with Gasteiger partial charge in [-0.2, -0.15) is 0 Å². The van der Waals surface area contributed by atoms with Crippen molar-refractivity contribution >= 4 is 0 Å². The highest BCUT2D eigenvalue weighted by Crippen LogP contribution is 2.11. The van der Waals surface area contributed by atoms with E-state index in [1.807, 2.05) is 0 Å². The Morgan fingerprint density at radius 3 is 2.50 bits per heavy atom. The lowest BCUT2D eigenvalue weighted by Crippen LogP contribution is -2.45. The van der Waals surface area contributed by atoms with E-state index in [0.29, 0.717) is 0 Å². The maximum Gasteiger partial charge on any atom is 0.0195 e. The molecule has 1 unspecified atom stereocenters. The van der Waals surface area contributed by atoms with Crippen LogP contribution in [-0.4, -0.2) is 37.1 Å². The van der Waals surface area contributed by atoms with Crippen LogP contribution in [-0.2, 0) is 0 Å². The van der Waals surface area contributed by atoms with Gasteiger partial charge in [0, 0.05) is 18.6 Å². The van der Waals surface area contributed by atoms with Gasteiger partial charge in [0.15, 0.2) is 0 Å². The van der Waals surface area contributed by atoms with Crippen LogP contribution in [0, 0.1) is 0 Å². The monoisotopic (exact) mass is 198 g/mol. The van der Waals surface area contributed by atoms with E-state index in [9.17, 15) is 0 Å². The maximum atomic E-state index is 3.61. The SMILES string of the molecule is CCC(CC)N(C)CC1CCCCN1. The smallest absolute Gasteiger partial charge is 0.0195 e. The number of piperidine rings is 1. The van der Waals surface area contributed by atoms with Crippen LogP contribution in [0.15, 0.2) is 0 Å². The normalized spacial score (nSPS) is 23.4. The minimum absolute atomic E-state index is 0.745. The Bertz CT molecular complexity index is 137. The zero-order chi connectivity index (χ0) is 10.4. The molecular weight excluding hydrogens is 172 g/mol. The molecule has 1 saturated heterocycles. The van der Waals surface area contributed by atoms with Gasteiger partial charge in [-0.05, 0) is 39.3 Å². The van der Waals surface area contributed by atoms with Gasteiger partial charge >= 0.3 is 0 Å². The number of hydrogen-bond donors (Lipinski definition) is 1. The first kappa shape index (κ1) is 12.0. The van der Waals surface area contributed by atoms with Crippen molar-refractivity contribution in [1.82, 2.24) is 10.2 Å². The van der Waals surface area contributed by atoms with E-state index in [4.69, 9.17) is 0 Å². The summed E-state index contributed by atoms with van der Waals surface area (Å²) in [4.78, 5) is 2.53. The summed E-state index contributed by atoms with van der Waals surface area (Å²) in [6.07, 6.45) is 6.70. The molecule has 1 N–H and O–H groups in total. The first-order valence-electron chi connectivity index (χ1n) is 6.21. The molecule has 0 bridgehead atoms. The molecule has 0 amide bonds. The summed E-state index contributed by atoms with van der Waals surface area (Å²) in [5.41, 5.74) is 0. The Morgan fingerprint density at radius 2 is 2.00 bits per heavy atom. The fourth-order valence-electron chi connectivity index (χ4n) is 2.49. The van der Waals surface area contributed by atoms with Gasteiger partial charge in [0.05, 0.1) is 0 Å².